The fraction of sp³-hybridized carbons (Fsp3) is 0.889. The molecular weight excluding hydrogens is 218 g/mol. The lowest BCUT2D eigenvalue weighted by Gasteiger charge is -2.16. The van der Waals surface area contributed by atoms with E-state index in [1.165, 1.54) is 13.8 Å². The molecule has 2 N–H and O–H groups in total. The van der Waals surface area contributed by atoms with Crippen molar-refractivity contribution in [2.24, 2.45) is 0 Å². The van der Waals surface area contributed by atoms with Crippen LogP contribution in [0.1, 0.15) is 40.0 Å². The zero-order valence-electron chi connectivity index (χ0n) is 9.36. The largest absolute Gasteiger partial charge is 0.480 e. The minimum Gasteiger partial charge on any atom is -0.480 e. The first-order chi connectivity index (χ1) is 6.81. The van der Waals surface area contributed by atoms with Crippen molar-refractivity contribution < 1.29 is 18.3 Å². The van der Waals surface area contributed by atoms with Gasteiger partial charge in [0.2, 0.25) is 10.0 Å². The van der Waals surface area contributed by atoms with Crippen molar-refractivity contribution in [2.75, 3.05) is 0 Å². The van der Waals surface area contributed by atoms with Gasteiger partial charge >= 0.3 is 5.97 Å². The summed E-state index contributed by atoms with van der Waals surface area (Å²) in [5.74, 6) is -1.12. The smallest absolute Gasteiger partial charge is 0.321 e. The summed E-state index contributed by atoms with van der Waals surface area (Å²) < 4.78 is 25.1. The number of carboxylic acids is 1. The first-order valence-electron chi connectivity index (χ1n) is 5.05. The molecule has 0 aromatic carbocycles. The van der Waals surface area contributed by atoms with E-state index in [1.807, 2.05) is 6.92 Å². The van der Waals surface area contributed by atoms with Gasteiger partial charge in [-0.15, -0.1) is 0 Å². The van der Waals surface area contributed by atoms with Crippen molar-refractivity contribution in [3.8, 4) is 0 Å². The minimum absolute atomic E-state index is 0.331. The molecule has 0 amide bonds. The van der Waals surface area contributed by atoms with Crippen LogP contribution in [0.2, 0.25) is 0 Å². The Morgan fingerprint density at radius 3 is 2.27 bits per heavy atom. The first kappa shape index (κ1) is 14.4. The molecule has 0 aliphatic heterocycles. The maximum atomic E-state index is 11.4. The number of carboxylic acid groups (broad SMARTS) is 1. The number of unbranched alkanes of at least 4 members (excludes halogenated alkanes) is 1. The van der Waals surface area contributed by atoms with Gasteiger partial charge < -0.3 is 5.11 Å². The maximum absolute atomic E-state index is 11.4. The van der Waals surface area contributed by atoms with Crippen molar-refractivity contribution in [1.29, 1.82) is 0 Å². The summed E-state index contributed by atoms with van der Waals surface area (Å²) in [5.41, 5.74) is 0. The zero-order chi connectivity index (χ0) is 12.1. The highest BCUT2D eigenvalue weighted by atomic mass is 32.2. The Labute approximate surface area is 90.9 Å². The zero-order valence-corrected chi connectivity index (χ0v) is 10.2. The number of sulfonamides is 1. The Hall–Kier alpha value is -0.620. The molecule has 0 aliphatic carbocycles. The quantitative estimate of drug-likeness (QED) is 0.690. The average Bonchev–Trinajstić information content (AvgIpc) is 2.11. The standard InChI is InChI=1S/C9H19NO4S/c1-4-5-6-8(9(11)12)10-15(13,14)7(2)3/h7-8,10H,4-6H2,1-3H3,(H,11,12). The van der Waals surface area contributed by atoms with Crippen molar-refractivity contribution in [3.05, 3.63) is 0 Å². The summed E-state index contributed by atoms with van der Waals surface area (Å²) in [6.07, 6.45) is 1.86. The molecule has 0 heterocycles. The highest BCUT2D eigenvalue weighted by molar-refractivity contribution is 7.90. The number of hydrogen-bond acceptors (Lipinski definition) is 3. The normalized spacial score (nSPS) is 14.1. The summed E-state index contributed by atoms with van der Waals surface area (Å²) >= 11 is 0. The van der Waals surface area contributed by atoms with Crippen LogP contribution in [0, 0.1) is 0 Å². The van der Waals surface area contributed by atoms with Gasteiger partial charge in [0.25, 0.3) is 0 Å². The van der Waals surface area contributed by atoms with Crippen LogP contribution < -0.4 is 4.72 Å². The van der Waals surface area contributed by atoms with Gasteiger partial charge in [0.1, 0.15) is 6.04 Å². The molecule has 0 bridgehead atoms. The lowest BCUT2D eigenvalue weighted by atomic mass is 10.1. The van der Waals surface area contributed by atoms with Crippen LogP contribution in [-0.2, 0) is 14.8 Å². The topological polar surface area (TPSA) is 83.5 Å². The number of aliphatic carboxylic acids is 1. The Balaban J connectivity index is 4.48. The van der Waals surface area contributed by atoms with E-state index >= 15 is 0 Å². The third-order valence-corrected chi connectivity index (χ3v) is 3.93. The molecule has 0 saturated carbocycles. The molecule has 6 heteroatoms. The van der Waals surface area contributed by atoms with Gasteiger partial charge in [-0.3, -0.25) is 4.79 Å². The van der Waals surface area contributed by atoms with Crippen LogP contribution in [0.25, 0.3) is 0 Å². The third kappa shape index (κ3) is 5.13. The summed E-state index contributed by atoms with van der Waals surface area (Å²) in [7, 11) is -3.50. The highest BCUT2D eigenvalue weighted by Gasteiger charge is 2.25. The SMILES string of the molecule is CCCCC(NS(=O)(=O)C(C)C)C(=O)O. The van der Waals surface area contributed by atoms with Crippen LogP contribution in [0.5, 0.6) is 0 Å². The lowest BCUT2D eigenvalue weighted by molar-refractivity contribution is -0.139. The number of hydrogen-bond donors (Lipinski definition) is 2. The van der Waals surface area contributed by atoms with Crippen LogP contribution in [0.15, 0.2) is 0 Å². The van der Waals surface area contributed by atoms with E-state index in [-0.39, 0.29) is 0 Å². The van der Waals surface area contributed by atoms with Crippen LogP contribution in [0.3, 0.4) is 0 Å². The van der Waals surface area contributed by atoms with Gasteiger partial charge in [-0.05, 0) is 20.3 Å². The third-order valence-electron chi connectivity index (χ3n) is 2.07. The Morgan fingerprint density at radius 2 is 1.93 bits per heavy atom. The number of carbonyl (C=O) groups is 1. The molecule has 0 fully saturated rings. The molecule has 5 nitrogen and oxygen atoms in total. The molecule has 1 unspecified atom stereocenters. The second-order valence-electron chi connectivity index (χ2n) is 3.74. The fourth-order valence-corrected chi connectivity index (χ4v) is 1.86. The second-order valence-corrected chi connectivity index (χ2v) is 6.01. The van der Waals surface area contributed by atoms with Crippen molar-refractivity contribution in [3.63, 3.8) is 0 Å². The molecule has 0 aromatic rings. The number of nitrogens with one attached hydrogen (secondary N) is 1. The van der Waals surface area contributed by atoms with E-state index in [0.717, 1.165) is 6.42 Å². The van der Waals surface area contributed by atoms with E-state index in [4.69, 9.17) is 5.11 Å². The summed E-state index contributed by atoms with van der Waals surface area (Å²) in [5, 5.41) is 8.21. The molecule has 1 atom stereocenters. The lowest BCUT2D eigenvalue weighted by Crippen LogP contribution is -2.43. The molecule has 0 aliphatic rings. The van der Waals surface area contributed by atoms with Gasteiger partial charge in [0.05, 0.1) is 5.25 Å². The van der Waals surface area contributed by atoms with Crippen molar-refractivity contribution in [2.45, 2.75) is 51.3 Å². The molecule has 90 valence electrons. The Kier molecular flexibility index (Phi) is 5.82. The monoisotopic (exact) mass is 237 g/mol. The van der Waals surface area contributed by atoms with Crippen molar-refractivity contribution in [1.82, 2.24) is 4.72 Å². The van der Waals surface area contributed by atoms with Crippen LogP contribution >= 0.6 is 0 Å². The molecule has 0 spiro atoms. The van der Waals surface area contributed by atoms with E-state index in [9.17, 15) is 13.2 Å². The van der Waals surface area contributed by atoms with Crippen molar-refractivity contribution >= 4 is 16.0 Å². The van der Waals surface area contributed by atoms with Crippen LogP contribution in [-0.4, -0.2) is 30.8 Å². The molecular formula is C9H19NO4S. The van der Waals surface area contributed by atoms with E-state index in [2.05, 4.69) is 4.72 Å². The Morgan fingerprint density at radius 1 is 1.40 bits per heavy atom. The van der Waals surface area contributed by atoms with Crippen LogP contribution in [0.4, 0.5) is 0 Å². The van der Waals surface area contributed by atoms with E-state index < -0.39 is 27.3 Å². The molecule has 0 rings (SSSR count). The maximum Gasteiger partial charge on any atom is 0.321 e. The fourth-order valence-electron chi connectivity index (χ4n) is 0.975. The van der Waals surface area contributed by atoms with Gasteiger partial charge in [0, 0.05) is 0 Å². The predicted molar refractivity (Wildman–Crippen MR) is 58.1 cm³/mol. The van der Waals surface area contributed by atoms with Gasteiger partial charge in [-0.2, -0.15) is 0 Å². The number of rotatable bonds is 7. The second kappa shape index (κ2) is 6.07. The first-order valence-corrected chi connectivity index (χ1v) is 6.59. The molecule has 0 saturated heterocycles. The Bertz CT molecular complexity index is 297. The van der Waals surface area contributed by atoms with E-state index in [0.29, 0.717) is 12.8 Å². The van der Waals surface area contributed by atoms with E-state index in [1.54, 1.807) is 0 Å². The average molecular weight is 237 g/mol. The van der Waals surface area contributed by atoms with Gasteiger partial charge in [-0.1, -0.05) is 19.8 Å². The minimum atomic E-state index is -3.50. The molecule has 0 radical (unpaired) electrons. The highest BCUT2D eigenvalue weighted by Crippen LogP contribution is 2.05. The molecule has 0 aromatic heterocycles. The predicted octanol–water partition coefficient (Wildman–Crippen LogP) is 0.958. The summed E-state index contributed by atoms with van der Waals surface area (Å²) in [6, 6.07) is -1.00. The summed E-state index contributed by atoms with van der Waals surface area (Å²) in [6.45, 7) is 4.96. The van der Waals surface area contributed by atoms with Gasteiger partial charge in [0.15, 0.2) is 0 Å². The van der Waals surface area contributed by atoms with Gasteiger partial charge in [-0.25, -0.2) is 13.1 Å². The summed E-state index contributed by atoms with van der Waals surface area (Å²) in [4.78, 5) is 10.8. The molecule has 15 heavy (non-hydrogen) atoms.